The molecule has 0 bridgehead atoms. The van der Waals surface area contributed by atoms with Crippen molar-refractivity contribution in [2.24, 2.45) is 4.99 Å². The van der Waals surface area contributed by atoms with Crippen LogP contribution >= 0.6 is 35.3 Å². The zero-order valence-corrected chi connectivity index (χ0v) is 17.6. The molecule has 3 rings (SSSR count). The van der Waals surface area contributed by atoms with Crippen molar-refractivity contribution in [3.05, 3.63) is 17.5 Å². The van der Waals surface area contributed by atoms with E-state index in [1.54, 1.807) is 0 Å². The number of halogens is 1. The molecule has 0 atom stereocenters. The van der Waals surface area contributed by atoms with E-state index in [0.717, 1.165) is 45.3 Å². The van der Waals surface area contributed by atoms with E-state index < -0.39 is 0 Å². The Morgan fingerprint density at radius 3 is 2.67 bits per heavy atom. The highest BCUT2D eigenvalue weighted by Crippen LogP contribution is 2.22. The summed E-state index contributed by atoms with van der Waals surface area (Å²) in [6, 6.07) is 4.32. The maximum Gasteiger partial charge on any atom is 0.193 e. The molecule has 24 heavy (non-hydrogen) atoms. The molecule has 1 aromatic heterocycles. The van der Waals surface area contributed by atoms with Crippen LogP contribution in [0.1, 0.15) is 25.7 Å². The molecule has 0 aromatic carbocycles. The molecule has 2 fully saturated rings. The molecule has 2 aliphatic rings. The molecule has 1 saturated carbocycles. The highest BCUT2D eigenvalue weighted by Gasteiger charge is 2.20. The van der Waals surface area contributed by atoms with Crippen molar-refractivity contribution in [3.8, 4) is 0 Å². The Bertz CT molecular complexity index is 483. The van der Waals surface area contributed by atoms with Crippen LogP contribution in [0.15, 0.2) is 22.5 Å². The summed E-state index contributed by atoms with van der Waals surface area (Å²) in [5.41, 5.74) is 0. The monoisotopic (exact) mass is 464 g/mol. The van der Waals surface area contributed by atoms with Gasteiger partial charge in [0.2, 0.25) is 0 Å². The number of piperazine rings is 1. The van der Waals surface area contributed by atoms with Crippen molar-refractivity contribution >= 4 is 46.3 Å². The van der Waals surface area contributed by atoms with Crippen molar-refractivity contribution in [2.75, 3.05) is 51.3 Å². The molecule has 0 amide bonds. The number of anilines is 1. The van der Waals surface area contributed by atoms with Crippen LogP contribution in [-0.4, -0.2) is 63.3 Å². The maximum atomic E-state index is 5.91. The summed E-state index contributed by atoms with van der Waals surface area (Å²) >= 11 is 1.82. The number of rotatable bonds is 5. The Morgan fingerprint density at radius 1 is 1.29 bits per heavy atom. The van der Waals surface area contributed by atoms with Crippen LogP contribution < -0.4 is 10.2 Å². The minimum atomic E-state index is 0. The first-order chi connectivity index (χ1) is 11.4. The lowest BCUT2D eigenvalue weighted by atomic mass is 10.3. The van der Waals surface area contributed by atoms with E-state index in [-0.39, 0.29) is 24.0 Å². The Kier molecular flexibility index (Phi) is 8.61. The van der Waals surface area contributed by atoms with Crippen LogP contribution in [0.25, 0.3) is 0 Å². The number of ether oxygens (including phenoxy) is 1. The van der Waals surface area contributed by atoms with E-state index in [1.807, 2.05) is 18.4 Å². The molecule has 1 aromatic rings. The second kappa shape index (κ2) is 10.5. The van der Waals surface area contributed by atoms with Gasteiger partial charge in [0.05, 0.1) is 17.7 Å². The highest BCUT2D eigenvalue weighted by atomic mass is 127. The average molecular weight is 464 g/mol. The number of aliphatic imine (C=N–C) groups is 1. The largest absolute Gasteiger partial charge is 0.376 e. The smallest absolute Gasteiger partial charge is 0.193 e. The fourth-order valence-corrected chi connectivity index (χ4v) is 4.15. The molecular weight excluding hydrogens is 435 g/mol. The quantitative estimate of drug-likeness (QED) is 0.315. The Hall–Kier alpha value is -0.540. The van der Waals surface area contributed by atoms with E-state index in [1.165, 1.54) is 30.7 Å². The van der Waals surface area contributed by atoms with Crippen molar-refractivity contribution in [3.63, 3.8) is 0 Å². The highest BCUT2D eigenvalue weighted by molar-refractivity contribution is 14.0. The molecule has 7 heteroatoms. The number of nitrogens with zero attached hydrogens (tertiary/aromatic N) is 3. The minimum absolute atomic E-state index is 0. The fourth-order valence-electron chi connectivity index (χ4n) is 3.36. The topological polar surface area (TPSA) is 40.1 Å². The summed E-state index contributed by atoms with van der Waals surface area (Å²) < 4.78 is 5.91. The SMILES string of the molecule is CN=C(NCCOC1CCCC1)N1CCN(c2cccs2)CC1.I. The first kappa shape index (κ1) is 19.8. The first-order valence-electron chi connectivity index (χ1n) is 8.72. The second-order valence-corrected chi connectivity index (χ2v) is 7.10. The number of hydrogen-bond donors (Lipinski definition) is 1. The van der Waals surface area contributed by atoms with Gasteiger partial charge < -0.3 is 19.9 Å². The fraction of sp³-hybridized carbons (Fsp3) is 0.706. The third-order valence-corrected chi connectivity index (χ3v) is 5.58. The zero-order valence-electron chi connectivity index (χ0n) is 14.4. The van der Waals surface area contributed by atoms with Crippen LogP contribution in [0.2, 0.25) is 0 Å². The third-order valence-electron chi connectivity index (χ3n) is 4.65. The van der Waals surface area contributed by atoms with Gasteiger partial charge in [-0.15, -0.1) is 35.3 Å². The molecule has 2 heterocycles. The number of hydrogen-bond acceptors (Lipinski definition) is 4. The molecule has 0 unspecified atom stereocenters. The predicted molar refractivity (Wildman–Crippen MR) is 113 cm³/mol. The Morgan fingerprint density at radius 2 is 2.04 bits per heavy atom. The Labute approximate surface area is 166 Å². The van der Waals surface area contributed by atoms with E-state index in [2.05, 4.69) is 37.6 Å². The molecule has 1 aliphatic carbocycles. The van der Waals surface area contributed by atoms with Crippen LogP contribution in [0, 0.1) is 0 Å². The summed E-state index contributed by atoms with van der Waals surface area (Å²) in [5, 5.41) is 6.97. The lowest BCUT2D eigenvalue weighted by molar-refractivity contribution is 0.0619. The van der Waals surface area contributed by atoms with E-state index >= 15 is 0 Å². The molecule has 1 N–H and O–H groups in total. The maximum absolute atomic E-state index is 5.91. The van der Waals surface area contributed by atoms with E-state index in [9.17, 15) is 0 Å². The molecule has 5 nitrogen and oxygen atoms in total. The minimum Gasteiger partial charge on any atom is -0.376 e. The van der Waals surface area contributed by atoms with Gasteiger partial charge in [-0.3, -0.25) is 4.99 Å². The summed E-state index contributed by atoms with van der Waals surface area (Å²) in [5.74, 6) is 1.01. The van der Waals surface area contributed by atoms with Crippen molar-refractivity contribution in [2.45, 2.75) is 31.8 Å². The lowest BCUT2D eigenvalue weighted by Gasteiger charge is -2.37. The molecule has 1 aliphatic heterocycles. The van der Waals surface area contributed by atoms with Gasteiger partial charge in [-0.2, -0.15) is 0 Å². The predicted octanol–water partition coefficient (Wildman–Crippen LogP) is 3.02. The van der Waals surface area contributed by atoms with Gasteiger partial charge in [0.1, 0.15) is 0 Å². The number of thiophene rings is 1. The van der Waals surface area contributed by atoms with Gasteiger partial charge in [-0.25, -0.2) is 0 Å². The normalized spacial score (nSPS) is 19.5. The molecule has 1 saturated heterocycles. The standard InChI is InChI=1S/C17H28N4OS.HI/c1-18-17(19-8-13-22-15-5-2-3-6-15)21-11-9-20(10-12-21)16-7-4-14-23-16;/h4,7,14-15H,2-3,5-6,8-13H2,1H3,(H,18,19);1H. The summed E-state index contributed by atoms with van der Waals surface area (Å²) in [4.78, 5) is 9.23. The first-order valence-corrected chi connectivity index (χ1v) is 9.60. The number of guanidine groups is 1. The van der Waals surface area contributed by atoms with Crippen molar-refractivity contribution < 1.29 is 4.74 Å². The van der Waals surface area contributed by atoms with Crippen molar-refractivity contribution in [1.82, 2.24) is 10.2 Å². The van der Waals surface area contributed by atoms with E-state index in [4.69, 9.17) is 4.74 Å². The second-order valence-electron chi connectivity index (χ2n) is 6.18. The van der Waals surface area contributed by atoms with Crippen LogP contribution in [0.5, 0.6) is 0 Å². The van der Waals surface area contributed by atoms with Crippen LogP contribution in [0.4, 0.5) is 5.00 Å². The van der Waals surface area contributed by atoms with E-state index in [0.29, 0.717) is 6.10 Å². The van der Waals surface area contributed by atoms with Gasteiger partial charge in [0.25, 0.3) is 0 Å². The van der Waals surface area contributed by atoms with Crippen LogP contribution in [0.3, 0.4) is 0 Å². The molecule has 0 spiro atoms. The average Bonchev–Trinajstić information content (AvgIpc) is 3.29. The van der Waals surface area contributed by atoms with Gasteiger partial charge >= 0.3 is 0 Å². The van der Waals surface area contributed by atoms with Gasteiger partial charge in [-0.1, -0.05) is 12.8 Å². The third kappa shape index (κ3) is 5.49. The van der Waals surface area contributed by atoms with Crippen LogP contribution in [-0.2, 0) is 4.74 Å². The molecule has 0 radical (unpaired) electrons. The zero-order chi connectivity index (χ0) is 15.9. The molecular formula is C17H29IN4OS. The lowest BCUT2D eigenvalue weighted by Crippen LogP contribution is -2.52. The summed E-state index contributed by atoms with van der Waals surface area (Å²) in [6.45, 7) is 5.76. The summed E-state index contributed by atoms with van der Waals surface area (Å²) in [6.07, 6.45) is 5.62. The summed E-state index contributed by atoms with van der Waals surface area (Å²) in [7, 11) is 1.87. The molecule has 136 valence electrons. The van der Waals surface area contributed by atoms with Gasteiger partial charge in [0.15, 0.2) is 5.96 Å². The number of nitrogens with one attached hydrogen (secondary N) is 1. The van der Waals surface area contributed by atoms with Gasteiger partial charge in [0, 0.05) is 39.8 Å². The van der Waals surface area contributed by atoms with Crippen molar-refractivity contribution in [1.29, 1.82) is 0 Å². The van der Waals surface area contributed by atoms with Gasteiger partial charge in [-0.05, 0) is 30.4 Å². The Balaban J connectivity index is 0.00000208.